The largest absolute Gasteiger partial charge is 0.403 e. The first-order chi connectivity index (χ1) is 14.1. The Kier molecular flexibility index (Phi) is 5.53. The molecule has 0 aromatic heterocycles. The Balaban J connectivity index is 1.72. The molecule has 160 valence electrons. The molecule has 0 bridgehead atoms. The van der Waals surface area contributed by atoms with Gasteiger partial charge in [0.25, 0.3) is 8.32 Å². The quantitative estimate of drug-likeness (QED) is 0.590. The number of hydrogen-bond acceptors (Lipinski definition) is 4. The second kappa shape index (κ2) is 7.73. The molecule has 1 fully saturated rings. The minimum absolute atomic E-state index is 0.0980. The van der Waals surface area contributed by atoms with Gasteiger partial charge in [-0.1, -0.05) is 81.4 Å². The fraction of sp³-hybridized carbons (Fsp3) is 0.440. The Hall–Kier alpha value is -1.76. The molecule has 0 radical (unpaired) electrons. The summed E-state index contributed by atoms with van der Waals surface area (Å²) in [6.45, 7) is 11.0. The maximum absolute atomic E-state index is 10.5. The molecule has 0 amide bonds. The van der Waals surface area contributed by atoms with Crippen LogP contribution in [0.1, 0.15) is 34.6 Å². The van der Waals surface area contributed by atoms with Crippen LogP contribution in [0.25, 0.3) is 0 Å². The lowest BCUT2D eigenvalue weighted by Gasteiger charge is -2.43. The van der Waals surface area contributed by atoms with Gasteiger partial charge in [0.2, 0.25) is 0 Å². The summed E-state index contributed by atoms with van der Waals surface area (Å²) in [6, 6.07) is 21.2. The van der Waals surface area contributed by atoms with E-state index >= 15 is 0 Å². The Labute approximate surface area is 180 Å². The zero-order valence-corrected chi connectivity index (χ0v) is 19.5. The molecule has 4 nitrogen and oxygen atoms in total. The van der Waals surface area contributed by atoms with Crippen LogP contribution in [0, 0.1) is 0 Å². The van der Waals surface area contributed by atoms with Gasteiger partial charge in [0.05, 0.1) is 6.61 Å². The first kappa shape index (κ1) is 21.5. The van der Waals surface area contributed by atoms with E-state index in [2.05, 4.69) is 69.3 Å². The van der Waals surface area contributed by atoms with E-state index in [1.54, 1.807) is 0 Å². The van der Waals surface area contributed by atoms with E-state index in [9.17, 15) is 5.11 Å². The fourth-order valence-electron chi connectivity index (χ4n) is 4.82. The number of aliphatic hydroxyl groups excluding tert-OH is 1. The predicted octanol–water partition coefficient (Wildman–Crippen LogP) is 3.38. The SMILES string of the molecule is CC1(C)OC2[C@@H](O)C=C(CO[Si](c3ccccc3)(c3ccccc3)C(C)(C)C)[C@@H]2O1. The van der Waals surface area contributed by atoms with Crippen molar-refractivity contribution < 1.29 is 19.0 Å². The third kappa shape index (κ3) is 3.70. The van der Waals surface area contributed by atoms with Crippen molar-refractivity contribution in [3.63, 3.8) is 0 Å². The lowest BCUT2D eigenvalue weighted by Crippen LogP contribution is -2.66. The zero-order chi connectivity index (χ0) is 21.6. The van der Waals surface area contributed by atoms with E-state index < -0.39 is 20.2 Å². The van der Waals surface area contributed by atoms with Gasteiger partial charge < -0.3 is 19.0 Å². The average molecular weight is 425 g/mol. The summed E-state index contributed by atoms with van der Waals surface area (Å²) >= 11 is 0. The van der Waals surface area contributed by atoms with E-state index in [0.717, 1.165) is 5.57 Å². The van der Waals surface area contributed by atoms with E-state index in [1.807, 2.05) is 32.1 Å². The van der Waals surface area contributed by atoms with Crippen LogP contribution in [0.15, 0.2) is 72.3 Å². The summed E-state index contributed by atoms with van der Waals surface area (Å²) in [7, 11) is -2.64. The first-order valence-corrected chi connectivity index (χ1v) is 12.5. The molecule has 4 rings (SSSR count). The number of hydrogen-bond donors (Lipinski definition) is 1. The summed E-state index contributed by atoms with van der Waals surface area (Å²) in [4.78, 5) is 0. The van der Waals surface area contributed by atoms with Gasteiger partial charge in [-0.15, -0.1) is 0 Å². The van der Waals surface area contributed by atoms with E-state index in [-0.39, 0.29) is 17.2 Å². The van der Waals surface area contributed by atoms with Gasteiger partial charge in [0.15, 0.2) is 5.79 Å². The molecule has 3 atom stereocenters. The van der Waals surface area contributed by atoms with Crippen LogP contribution in [-0.4, -0.2) is 44.1 Å². The van der Waals surface area contributed by atoms with Crippen molar-refractivity contribution in [3.05, 3.63) is 72.3 Å². The normalized spacial score (nSPS) is 25.8. The molecule has 2 aromatic rings. The van der Waals surface area contributed by atoms with Crippen molar-refractivity contribution >= 4 is 18.7 Å². The monoisotopic (exact) mass is 424 g/mol. The number of aliphatic hydroxyl groups is 1. The molecule has 0 saturated carbocycles. The predicted molar refractivity (Wildman–Crippen MR) is 121 cm³/mol. The van der Waals surface area contributed by atoms with Gasteiger partial charge in [-0.2, -0.15) is 0 Å². The highest BCUT2D eigenvalue weighted by Gasteiger charge is 2.53. The number of benzene rings is 2. The van der Waals surface area contributed by atoms with Crippen molar-refractivity contribution in [2.45, 2.75) is 63.8 Å². The number of ether oxygens (including phenoxy) is 2. The van der Waals surface area contributed by atoms with E-state index in [0.29, 0.717) is 6.61 Å². The first-order valence-electron chi connectivity index (χ1n) is 10.6. The van der Waals surface area contributed by atoms with Crippen LogP contribution >= 0.6 is 0 Å². The highest BCUT2D eigenvalue weighted by molar-refractivity contribution is 6.99. The number of fused-ring (bicyclic) bond motifs is 1. The molecule has 2 aliphatic rings. The van der Waals surface area contributed by atoms with Crippen LogP contribution in [0.3, 0.4) is 0 Å². The molecule has 1 aliphatic carbocycles. The summed E-state index contributed by atoms with van der Waals surface area (Å²) in [5.74, 6) is -0.701. The van der Waals surface area contributed by atoms with Gasteiger partial charge in [0.1, 0.15) is 18.3 Å². The fourth-order valence-corrected chi connectivity index (χ4v) is 9.36. The molecule has 2 aromatic carbocycles. The van der Waals surface area contributed by atoms with Crippen molar-refractivity contribution in [1.82, 2.24) is 0 Å². The van der Waals surface area contributed by atoms with E-state index in [4.69, 9.17) is 13.9 Å². The van der Waals surface area contributed by atoms with Gasteiger partial charge in [-0.3, -0.25) is 0 Å². The Morgan fingerprint density at radius 1 is 0.933 bits per heavy atom. The van der Waals surface area contributed by atoms with Crippen molar-refractivity contribution in [2.75, 3.05) is 6.61 Å². The number of rotatable bonds is 5. The van der Waals surface area contributed by atoms with Crippen LogP contribution in [0.2, 0.25) is 5.04 Å². The topological polar surface area (TPSA) is 47.9 Å². The van der Waals surface area contributed by atoms with Crippen molar-refractivity contribution in [2.24, 2.45) is 0 Å². The second-order valence-electron chi connectivity index (χ2n) is 9.70. The van der Waals surface area contributed by atoms with Crippen LogP contribution < -0.4 is 10.4 Å². The van der Waals surface area contributed by atoms with Crippen molar-refractivity contribution in [3.8, 4) is 0 Å². The third-order valence-corrected chi connectivity index (χ3v) is 11.1. The zero-order valence-electron chi connectivity index (χ0n) is 18.5. The summed E-state index contributed by atoms with van der Waals surface area (Å²) < 4.78 is 19.0. The standard InChI is InChI=1S/C25H32O4Si/c1-24(2,3)30(19-12-8-6-9-13-19,20-14-10-7-11-15-20)27-17-18-16-21(26)23-22(18)28-25(4,5)29-23/h6-16,21-23,26H,17H2,1-5H3/t21-,22-,23?/m0/s1. The molecule has 0 spiro atoms. The third-order valence-electron chi connectivity index (χ3n) is 6.09. The van der Waals surface area contributed by atoms with Crippen LogP contribution in [0.5, 0.6) is 0 Å². The smallest absolute Gasteiger partial charge is 0.261 e. The minimum atomic E-state index is -2.64. The van der Waals surface area contributed by atoms with Gasteiger partial charge >= 0.3 is 0 Å². The Morgan fingerprint density at radius 2 is 1.47 bits per heavy atom. The highest BCUT2D eigenvalue weighted by Crippen LogP contribution is 2.41. The minimum Gasteiger partial charge on any atom is -0.403 e. The van der Waals surface area contributed by atoms with Gasteiger partial charge in [-0.05, 0) is 40.9 Å². The Bertz CT molecular complexity index is 862. The second-order valence-corrected chi connectivity index (χ2v) is 14.0. The van der Waals surface area contributed by atoms with Gasteiger partial charge in [-0.25, -0.2) is 0 Å². The Morgan fingerprint density at radius 3 is 1.97 bits per heavy atom. The van der Waals surface area contributed by atoms with Gasteiger partial charge in [0, 0.05) is 0 Å². The molecule has 5 heteroatoms. The molecule has 1 saturated heterocycles. The summed E-state index contributed by atoms with van der Waals surface area (Å²) in [5.41, 5.74) is 0.964. The highest BCUT2D eigenvalue weighted by atomic mass is 28.4. The summed E-state index contributed by atoms with van der Waals surface area (Å²) in [6.07, 6.45) is 0.544. The maximum atomic E-state index is 10.5. The maximum Gasteiger partial charge on any atom is 0.261 e. The van der Waals surface area contributed by atoms with E-state index in [1.165, 1.54) is 10.4 Å². The van der Waals surface area contributed by atoms with Crippen LogP contribution in [0.4, 0.5) is 0 Å². The lowest BCUT2D eigenvalue weighted by atomic mass is 10.1. The molecular weight excluding hydrogens is 392 g/mol. The molecule has 30 heavy (non-hydrogen) atoms. The van der Waals surface area contributed by atoms with Crippen LogP contribution in [-0.2, 0) is 13.9 Å². The molecule has 1 unspecified atom stereocenters. The molecular formula is C25H32O4Si. The molecule has 1 aliphatic heterocycles. The lowest BCUT2D eigenvalue weighted by molar-refractivity contribution is -0.153. The molecule has 1 heterocycles. The van der Waals surface area contributed by atoms with Crippen molar-refractivity contribution in [1.29, 1.82) is 0 Å². The molecule has 1 N–H and O–H groups in total. The summed E-state index contributed by atoms with van der Waals surface area (Å²) in [5, 5.41) is 12.9. The average Bonchev–Trinajstić information content (AvgIpc) is 3.17.